The van der Waals surface area contributed by atoms with Crippen molar-refractivity contribution >= 4 is 18.1 Å². The van der Waals surface area contributed by atoms with E-state index in [9.17, 15) is 9.59 Å². The van der Waals surface area contributed by atoms with Gasteiger partial charge in [-0.3, -0.25) is 4.79 Å². The number of esters is 1. The molecule has 0 bridgehead atoms. The number of H-pyrrole nitrogens is 1. The molecule has 2 rings (SSSR count). The molecule has 0 saturated heterocycles. The normalized spacial score (nSPS) is 11.0. The van der Waals surface area contributed by atoms with Gasteiger partial charge in [0, 0.05) is 5.69 Å². The van der Waals surface area contributed by atoms with Crippen molar-refractivity contribution in [2.45, 2.75) is 34.6 Å². The van der Waals surface area contributed by atoms with Gasteiger partial charge in [0.15, 0.2) is 0 Å². The first-order chi connectivity index (χ1) is 11.3. The number of nitrogens with zero attached hydrogens (tertiary/aromatic N) is 1. The molecule has 24 heavy (non-hydrogen) atoms. The molecular weight excluding hydrogens is 310 g/mol. The Morgan fingerprint density at radius 3 is 2.62 bits per heavy atom. The molecule has 0 unspecified atom stereocenters. The largest absolute Gasteiger partial charge is 0.466 e. The molecule has 128 valence electrons. The molecule has 2 heterocycles. The summed E-state index contributed by atoms with van der Waals surface area (Å²) in [7, 11) is 0. The van der Waals surface area contributed by atoms with Gasteiger partial charge in [-0.25, -0.2) is 10.2 Å². The molecule has 2 aromatic rings. The second-order valence-corrected chi connectivity index (χ2v) is 5.41. The number of carbonyl (C=O) groups is 2. The van der Waals surface area contributed by atoms with Gasteiger partial charge in [-0.2, -0.15) is 5.10 Å². The van der Waals surface area contributed by atoms with E-state index >= 15 is 0 Å². The lowest BCUT2D eigenvalue weighted by Crippen LogP contribution is -2.17. The number of rotatable bonds is 5. The highest BCUT2D eigenvalue weighted by Crippen LogP contribution is 2.18. The summed E-state index contributed by atoms with van der Waals surface area (Å²) in [5.74, 6) is 0.470. The fourth-order valence-corrected chi connectivity index (χ4v) is 2.48. The summed E-state index contributed by atoms with van der Waals surface area (Å²) in [6.45, 7) is 9.14. The van der Waals surface area contributed by atoms with Gasteiger partial charge in [0.1, 0.15) is 11.5 Å². The second-order valence-electron chi connectivity index (χ2n) is 5.41. The number of hydrogen-bond donors (Lipinski definition) is 2. The Morgan fingerprint density at radius 1 is 1.33 bits per heavy atom. The van der Waals surface area contributed by atoms with Crippen molar-refractivity contribution in [3.05, 3.63) is 45.7 Å². The smallest absolute Gasteiger partial charge is 0.340 e. The van der Waals surface area contributed by atoms with Crippen LogP contribution >= 0.6 is 0 Å². The van der Waals surface area contributed by atoms with Gasteiger partial charge in [-0.15, -0.1) is 0 Å². The Labute approximate surface area is 140 Å². The minimum atomic E-state index is -0.378. The first-order valence-electron chi connectivity index (χ1n) is 7.61. The fraction of sp³-hybridized carbons (Fsp3) is 0.353. The maximum absolute atomic E-state index is 12.1. The predicted molar refractivity (Wildman–Crippen MR) is 89.5 cm³/mol. The van der Waals surface area contributed by atoms with Gasteiger partial charge in [0.05, 0.1) is 29.6 Å². The number of nitrogens with one attached hydrogen (secondary N) is 2. The lowest BCUT2D eigenvalue weighted by Gasteiger charge is -2.01. The maximum atomic E-state index is 12.1. The summed E-state index contributed by atoms with van der Waals surface area (Å²) in [4.78, 5) is 27.1. The molecule has 2 N–H and O–H groups in total. The molecule has 0 aliphatic heterocycles. The second kappa shape index (κ2) is 7.16. The topological polar surface area (TPSA) is 96.7 Å². The average molecular weight is 331 g/mol. The zero-order chi connectivity index (χ0) is 17.9. The maximum Gasteiger partial charge on any atom is 0.340 e. The Hall–Kier alpha value is -2.83. The van der Waals surface area contributed by atoms with Gasteiger partial charge < -0.3 is 14.1 Å². The van der Waals surface area contributed by atoms with Crippen LogP contribution in [0.4, 0.5) is 0 Å². The van der Waals surface area contributed by atoms with Crippen LogP contribution in [0, 0.1) is 27.7 Å². The Bertz CT molecular complexity index is 799. The number of hydrogen-bond acceptors (Lipinski definition) is 5. The quantitative estimate of drug-likeness (QED) is 0.500. The first-order valence-corrected chi connectivity index (χ1v) is 7.61. The zero-order valence-corrected chi connectivity index (χ0v) is 14.4. The molecule has 0 saturated carbocycles. The molecule has 0 aliphatic rings. The molecule has 7 nitrogen and oxygen atoms in total. The molecule has 7 heteroatoms. The van der Waals surface area contributed by atoms with Crippen molar-refractivity contribution in [3.8, 4) is 0 Å². The lowest BCUT2D eigenvalue weighted by molar-refractivity contribution is 0.0524. The van der Waals surface area contributed by atoms with E-state index in [0.29, 0.717) is 40.6 Å². The number of aromatic nitrogens is 1. The molecular formula is C17H21N3O4. The van der Waals surface area contributed by atoms with Gasteiger partial charge in [-0.05, 0) is 46.2 Å². The van der Waals surface area contributed by atoms with Crippen LogP contribution in [0.3, 0.4) is 0 Å². The van der Waals surface area contributed by atoms with E-state index in [4.69, 9.17) is 9.15 Å². The van der Waals surface area contributed by atoms with Crippen LogP contribution < -0.4 is 5.43 Å². The average Bonchev–Trinajstić information content (AvgIpc) is 2.98. The Kier molecular flexibility index (Phi) is 5.23. The third-order valence-electron chi connectivity index (χ3n) is 3.60. The molecule has 0 fully saturated rings. The minimum Gasteiger partial charge on any atom is -0.466 e. The van der Waals surface area contributed by atoms with Crippen LogP contribution in [0.25, 0.3) is 0 Å². The van der Waals surface area contributed by atoms with Gasteiger partial charge in [-0.1, -0.05) is 0 Å². The van der Waals surface area contributed by atoms with Crippen molar-refractivity contribution in [1.29, 1.82) is 0 Å². The summed E-state index contributed by atoms with van der Waals surface area (Å²) in [6, 6.07) is 1.66. The molecule has 0 spiro atoms. The first kappa shape index (κ1) is 17.5. The predicted octanol–water partition coefficient (Wildman–Crippen LogP) is 2.78. The molecule has 1 amide bonds. The van der Waals surface area contributed by atoms with E-state index in [0.717, 1.165) is 5.56 Å². The molecule has 0 radical (unpaired) electrons. The van der Waals surface area contributed by atoms with E-state index in [2.05, 4.69) is 15.5 Å². The standard InChI is InChI=1S/C17H21N3O4/c1-6-23-17(22)15-10(3)14(19-11(15)4)8-18-20-16(21)13-7-9(2)24-12(13)5/h7-8,19H,6H2,1-5H3,(H,20,21)/b18-8+. The molecule has 0 aliphatic carbocycles. The lowest BCUT2D eigenvalue weighted by atomic mass is 10.1. The number of ether oxygens (including phenoxy) is 1. The monoisotopic (exact) mass is 331 g/mol. The van der Waals surface area contributed by atoms with Gasteiger partial charge in [0.2, 0.25) is 0 Å². The number of furan rings is 1. The van der Waals surface area contributed by atoms with Crippen LogP contribution in [0.2, 0.25) is 0 Å². The SMILES string of the molecule is CCOC(=O)c1c(C)[nH]c(/C=N/NC(=O)c2cc(C)oc2C)c1C. The van der Waals surface area contributed by atoms with Crippen LogP contribution in [0.15, 0.2) is 15.6 Å². The third-order valence-corrected chi connectivity index (χ3v) is 3.60. The van der Waals surface area contributed by atoms with E-state index in [1.807, 2.05) is 0 Å². The van der Waals surface area contributed by atoms with Gasteiger partial charge >= 0.3 is 5.97 Å². The fourth-order valence-electron chi connectivity index (χ4n) is 2.48. The number of aryl methyl sites for hydroxylation is 3. The highest BCUT2D eigenvalue weighted by Gasteiger charge is 2.18. The van der Waals surface area contributed by atoms with Crippen molar-refractivity contribution < 1.29 is 18.7 Å². The van der Waals surface area contributed by atoms with Crippen LogP contribution in [-0.4, -0.2) is 29.7 Å². The molecule has 0 atom stereocenters. The zero-order valence-electron chi connectivity index (χ0n) is 14.4. The van der Waals surface area contributed by atoms with Crippen LogP contribution in [0.5, 0.6) is 0 Å². The Morgan fingerprint density at radius 2 is 2.04 bits per heavy atom. The highest BCUT2D eigenvalue weighted by molar-refractivity contribution is 5.97. The van der Waals surface area contributed by atoms with Gasteiger partial charge in [0.25, 0.3) is 5.91 Å². The summed E-state index contributed by atoms with van der Waals surface area (Å²) in [6.07, 6.45) is 1.46. The number of carbonyl (C=O) groups excluding carboxylic acids is 2. The van der Waals surface area contributed by atoms with Crippen molar-refractivity contribution in [1.82, 2.24) is 10.4 Å². The van der Waals surface area contributed by atoms with Crippen molar-refractivity contribution in [2.75, 3.05) is 6.61 Å². The van der Waals surface area contributed by atoms with Crippen LogP contribution in [0.1, 0.15) is 56.1 Å². The number of aromatic amines is 1. The number of amides is 1. The third kappa shape index (κ3) is 3.56. The summed E-state index contributed by atoms with van der Waals surface area (Å²) >= 11 is 0. The number of hydrazone groups is 1. The van der Waals surface area contributed by atoms with Crippen molar-refractivity contribution in [3.63, 3.8) is 0 Å². The summed E-state index contributed by atoms with van der Waals surface area (Å²) in [5, 5.41) is 3.94. The van der Waals surface area contributed by atoms with E-state index in [1.54, 1.807) is 40.7 Å². The Balaban J connectivity index is 2.12. The van der Waals surface area contributed by atoms with E-state index in [-0.39, 0.29) is 11.9 Å². The summed E-state index contributed by atoms with van der Waals surface area (Å²) < 4.78 is 10.4. The molecule has 0 aromatic carbocycles. The van der Waals surface area contributed by atoms with Crippen LogP contribution in [-0.2, 0) is 4.74 Å². The van der Waals surface area contributed by atoms with Crippen molar-refractivity contribution in [2.24, 2.45) is 5.10 Å². The minimum absolute atomic E-state index is 0.311. The summed E-state index contributed by atoms with van der Waals surface area (Å²) in [5.41, 5.74) is 5.43. The highest BCUT2D eigenvalue weighted by atomic mass is 16.5. The molecule has 2 aromatic heterocycles. The van der Waals surface area contributed by atoms with E-state index in [1.165, 1.54) is 6.21 Å². The van der Waals surface area contributed by atoms with E-state index < -0.39 is 0 Å².